The summed E-state index contributed by atoms with van der Waals surface area (Å²) in [4.78, 5) is 71.5. The van der Waals surface area contributed by atoms with Crippen LogP contribution in [0.1, 0.15) is 121 Å². The van der Waals surface area contributed by atoms with E-state index < -0.39 is 76.2 Å². The maximum atomic E-state index is 13.7. The summed E-state index contributed by atoms with van der Waals surface area (Å²) in [6.07, 6.45) is -2.54. The molecule has 312 valence electrons. The minimum Gasteiger partial charge on any atom is -0.465 e. The van der Waals surface area contributed by atoms with Crippen LogP contribution in [0.5, 0.6) is 0 Å². The van der Waals surface area contributed by atoms with E-state index in [1.807, 2.05) is 30.3 Å². The lowest BCUT2D eigenvalue weighted by molar-refractivity contribution is -0.258. The van der Waals surface area contributed by atoms with Crippen LogP contribution < -0.4 is 0 Å². The van der Waals surface area contributed by atoms with E-state index in [9.17, 15) is 24.0 Å². The number of aryl methyl sites for hydroxylation is 4. The second-order valence-corrected chi connectivity index (χ2v) is 19.1. The fourth-order valence-electron chi connectivity index (χ4n) is 5.98. The van der Waals surface area contributed by atoms with Crippen molar-refractivity contribution in [1.29, 1.82) is 0 Å². The van der Waals surface area contributed by atoms with Gasteiger partial charge in [0.25, 0.3) is 0 Å². The van der Waals surface area contributed by atoms with Crippen molar-refractivity contribution in [3.63, 3.8) is 0 Å². The van der Waals surface area contributed by atoms with Gasteiger partial charge in [-0.3, -0.25) is 24.2 Å². The third-order valence-electron chi connectivity index (χ3n) is 9.68. The van der Waals surface area contributed by atoms with Crippen LogP contribution in [0, 0.1) is 21.7 Å². The van der Waals surface area contributed by atoms with Gasteiger partial charge in [-0.2, -0.15) is 0 Å². The molecule has 4 aliphatic carbocycles. The zero-order chi connectivity index (χ0) is 42.7. The molecule has 1 aliphatic heterocycles. The number of carbonyl (C=O) groups is 5. The Bertz CT molecular complexity index is 1850. The molecule has 0 spiro atoms. The predicted molar refractivity (Wildman–Crippen MR) is 214 cm³/mol. The summed E-state index contributed by atoms with van der Waals surface area (Å²) in [5.41, 5.74) is 1.29. The van der Waals surface area contributed by atoms with Crippen molar-refractivity contribution < 1.29 is 52.4 Å². The third-order valence-corrected chi connectivity index (χ3v) is 9.68. The Hall–Kier alpha value is -4.58. The molecule has 2 aromatic carbocycles. The highest BCUT2D eigenvalue weighted by Crippen LogP contribution is 2.35. The molecular weight excluding hydrogens is 730 g/mol. The molecule has 1 saturated heterocycles. The Kier molecular flexibility index (Phi) is 13.9. The second-order valence-electron chi connectivity index (χ2n) is 19.1. The Balaban J connectivity index is 1.85. The van der Waals surface area contributed by atoms with E-state index in [-0.39, 0.29) is 12.6 Å². The van der Waals surface area contributed by atoms with Crippen molar-refractivity contribution in [3.05, 3.63) is 69.8 Å². The molecule has 0 radical (unpaired) electrons. The van der Waals surface area contributed by atoms with Crippen molar-refractivity contribution in [1.82, 2.24) is 0 Å². The van der Waals surface area contributed by atoms with Gasteiger partial charge in [0.15, 0.2) is 24.5 Å². The minimum absolute atomic E-state index is 0.380. The van der Waals surface area contributed by atoms with Gasteiger partial charge in [0.2, 0.25) is 0 Å². The number of hydrogen-bond donors (Lipinski definition) is 0. The highest BCUT2D eigenvalue weighted by Gasteiger charge is 2.54. The summed E-state index contributed by atoms with van der Waals surface area (Å²) in [6.45, 7) is 19.8. The summed E-state index contributed by atoms with van der Waals surface area (Å²) in [5.74, 6) is -2.83. The van der Waals surface area contributed by atoms with E-state index in [2.05, 4.69) is 6.07 Å². The lowest BCUT2D eigenvalue weighted by Crippen LogP contribution is -2.63. The summed E-state index contributed by atoms with van der Waals surface area (Å²) in [7, 11) is 1.37. The van der Waals surface area contributed by atoms with Crippen molar-refractivity contribution in [2.45, 2.75) is 139 Å². The third kappa shape index (κ3) is 11.7. The topological polar surface area (TPSA) is 153 Å². The number of carbonyl (C=O) groups excluding carboxylic acids is 5. The minimum atomic E-state index is -1.41. The van der Waals surface area contributed by atoms with Crippen LogP contribution in [0.15, 0.2) is 41.4 Å². The number of aliphatic imine (C=N–C) groups is 1. The summed E-state index contributed by atoms with van der Waals surface area (Å²) >= 11 is 0. The molecule has 3 unspecified atom stereocenters. The highest BCUT2D eigenvalue weighted by atomic mass is 16.7. The number of esters is 5. The molecule has 5 atom stereocenters. The molecule has 0 amide bonds. The molecule has 2 aromatic rings. The second kappa shape index (κ2) is 17.5. The lowest BCUT2D eigenvalue weighted by atomic mass is 9.91. The SMILES string of the molecule is COC(=O)c1cc2ccc1CCc1ccc(cc1/C=N/[C@@H]1OC(COC(=O)C(C)(C)C)[C@H](OC(=O)C(C)(C)C)C(OC(=O)C(C)(C)C)C1OC(=O)C(C)(C)C)CC2. The molecule has 12 heteroatoms. The average Bonchev–Trinajstić information content (AvgIpc) is 3.10. The van der Waals surface area contributed by atoms with E-state index in [0.717, 1.165) is 27.8 Å². The van der Waals surface area contributed by atoms with Crippen LogP contribution in [-0.4, -0.2) is 80.4 Å². The predicted octanol–water partition coefficient (Wildman–Crippen LogP) is 6.96. The van der Waals surface area contributed by atoms with Crippen LogP contribution in [0.2, 0.25) is 0 Å². The highest BCUT2D eigenvalue weighted by molar-refractivity contribution is 5.91. The van der Waals surface area contributed by atoms with Gasteiger partial charge in [0.05, 0.1) is 34.3 Å². The number of hydrogen-bond acceptors (Lipinski definition) is 12. The first-order valence-electron chi connectivity index (χ1n) is 19.6. The van der Waals surface area contributed by atoms with Gasteiger partial charge >= 0.3 is 29.8 Å². The fraction of sp³-hybridized carbons (Fsp3) is 0.600. The first kappa shape index (κ1) is 45.1. The number of rotatable bonds is 8. The van der Waals surface area contributed by atoms with Crippen molar-refractivity contribution in [2.24, 2.45) is 26.7 Å². The normalized spacial score (nSPS) is 21.6. The van der Waals surface area contributed by atoms with Gasteiger partial charge in [-0.25, -0.2) is 4.79 Å². The maximum Gasteiger partial charge on any atom is 0.338 e. The largest absolute Gasteiger partial charge is 0.465 e. The summed E-state index contributed by atoms with van der Waals surface area (Å²) in [6, 6.07) is 12.1. The van der Waals surface area contributed by atoms with Gasteiger partial charge in [-0.15, -0.1) is 0 Å². The lowest BCUT2D eigenvalue weighted by Gasteiger charge is -2.45. The zero-order valence-corrected chi connectivity index (χ0v) is 35.9. The van der Waals surface area contributed by atoms with E-state index in [4.69, 9.17) is 33.4 Å². The molecule has 0 N–H and O–H groups in total. The average molecular weight is 792 g/mol. The van der Waals surface area contributed by atoms with Crippen molar-refractivity contribution in [3.8, 4) is 0 Å². The molecule has 4 bridgehead atoms. The number of nitrogens with zero attached hydrogens (tertiary/aromatic N) is 1. The molecule has 1 heterocycles. The maximum absolute atomic E-state index is 13.7. The van der Waals surface area contributed by atoms with Crippen LogP contribution in [-0.2, 0) is 73.3 Å². The Morgan fingerprint density at radius 1 is 0.632 bits per heavy atom. The number of benzene rings is 2. The fourth-order valence-corrected chi connectivity index (χ4v) is 5.98. The number of methoxy groups -OCH3 is 1. The monoisotopic (exact) mass is 791 g/mol. The van der Waals surface area contributed by atoms with E-state index in [0.29, 0.717) is 31.2 Å². The number of ether oxygens (including phenoxy) is 6. The van der Waals surface area contributed by atoms with Crippen LogP contribution >= 0.6 is 0 Å². The van der Waals surface area contributed by atoms with Crippen LogP contribution in [0.3, 0.4) is 0 Å². The van der Waals surface area contributed by atoms with Gasteiger partial charge in [0, 0.05) is 6.21 Å². The molecule has 0 saturated carbocycles. The smallest absolute Gasteiger partial charge is 0.338 e. The van der Waals surface area contributed by atoms with Gasteiger partial charge < -0.3 is 28.4 Å². The van der Waals surface area contributed by atoms with Crippen LogP contribution in [0.4, 0.5) is 0 Å². The first-order valence-corrected chi connectivity index (χ1v) is 19.6. The molecule has 5 aliphatic rings. The molecular formula is C45H61NO11. The van der Waals surface area contributed by atoms with E-state index in [1.54, 1.807) is 89.3 Å². The van der Waals surface area contributed by atoms with E-state index >= 15 is 0 Å². The first-order chi connectivity index (χ1) is 26.3. The quantitative estimate of drug-likeness (QED) is 0.155. The van der Waals surface area contributed by atoms with Gasteiger partial charge in [-0.1, -0.05) is 24.3 Å². The van der Waals surface area contributed by atoms with Gasteiger partial charge in [0.1, 0.15) is 12.7 Å². The van der Waals surface area contributed by atoms with E-state index in [1.165, 1.54) is 7.11 Å². The Morgan fingerprint density at radius 3 is 1.63 bits per heavy atom. The summed E-state index contributed by atoms with van der Waals surface area (Å²) < 4.78 is 35.8. The van der Waals surface area contributed by atoms with Gasteiger partial charge in [-0.05, 0) is 149 Å². The van der Waals surface area contributed by atoms with Crippen molar-refractivity contribution >= 4 is 36.1 Å². The van der Waals surface area contributed by atoms with Crippen LogP contribution in [0.25, 0.3) is 0 Å². The molecule has 7 rings (SSSR count). The zero-order valence-electron chi connectivity index (χ0n) is 35.9. The summed E-state index contributed by atoms with van der Waals surface area (Å²) in [5, 5.41) is 0. The standard InChI is InChI=1S/C45H61NO11/c1-42(2,3)38(48)53-25-32-33(55-39(49)43(4,5)6)34(56-40(50)44(7,8)9)35(57-41(51)45(10,11)12)36(54-32)46-24-30-22-26-14-15-27-17-19-29(21-20-28(30)18-16-26)31(23-27)37(47)52-13/h16-19,22-24,32-36H,14-15,20-21,25H2,1-13H3/b46-24+/t32?,33-,34?,35?,36+/m0/s1. The van der Waals surface area contributed by atoms with Crippen molar-refractivity contribution in [2.75, 3.05) is 13.7 Å². The molecule has 0 aromatic heterocycles. The Labute approximate surface area is 337 Å². The Morgan fingerprint density at radius 2 is 1.11 bits per heavy atom. The molecule has 57 heavy (non-hydrogen) atoms. The molecule has 12 nitrogen and oxygen atoms in total. The molecule has 1 fully saturated rings.